The van der Waals surface area contributed by atoms with Crippen molar-refractivity contribution in [1.29, 1.82) is 0 Å². The number of benzene rings is 2. The summed E-state index contributed by atoms with van der Waals surface area (Å²) in [5.41, 5.74) is -1.21. The van der Waals surface area contributed by atoms with Crippen molar-refractivity contribution in [2.24, 2.45) is 0 Å². The first-order valence-corrected chi connectivity index (χ1v) is 11.3. The van der Waals surface area contributed by atoms with E-state index in [1.165, 1.54) is 28.4 Å². The standard InChI is InChI=1S/C21H19F3N4O2S.C2H6/c1-12-2-5-16(15(23)8-12)27-18-13(3-4-14(22)17(18)24)19(29)28-10-21(30,11-28)9-26-20-25-6-7-31-20;1-2/h2-8,27,30H,9-11H2,1H3,(H,25,26);1-2H3. The van der Waals surface area contributed by atoms with Crippen molar-refractivity contribution >= 4 is 33.8 Å². The number of hydrogen-bond donors (Lipinski definition) is 3. The maximum atomic E-state index is 14.5. The Kier molecular flexibility index (Phi) is 7.60. The van der Waals surface area contributed by atoms with Gasteiger partial charge in [0.1, 0.15) is 11.4 Å². The van der Waals surface area contributed by atoms with E-state index in [1.54, 1.807) is 24.6 Å². The van der Waals surface area contributed by atoms with Crippen LogP contribution in [0.2, 0.25) is 0 Å². The normalized spacial score (nSPS) is 14.1. The van der Waals surface area contributed by atoms with Gasteiger partial charge in [-0.25, -0.2) is 18.2 Å². The number of amides is 1. The minimum atomic E-state index is -1.29. The Hall–Kier alpha value is -3.11. The fraction of sp³-hybridized carbons (Fsp3) is 0.304. The largest absolute Gasteiger partial charge is 0.384 e. The zero-order valence-corrected chi connectivity index (χ0v) is 19.3. The van der Waals surface area contributed by atoms with Crippen LogP contribution in [0.15, 0.2) is 41.9 Å². The van der Waals surface area contributed by atoms with Crippen LogP contribution in [0.3, 0.4) is 0 Å². The molecule has 4 rings (SSSR count). The van der Waals surface area contributed by atoms with Crippen LogP contribution < -0.4 is 10.6 Å². The van der Waals surface area contributed by atoms with E-state index in [4.69, 9.17) is 0 Å². The molecular formula is C23H25F3N4O2S. The summed E-state index contributed by atoms with van der Waals surface area (Å²) in [7, 11) is 0. The summed E-state index contributed by atoms with van der Waals surface area (Å²) in [4.78, 5) is 18.3. The van der Waals surface area contributed by atoms with Crippen LogP contribution in [-0.2, 0) is 0 Å². The van der Waals surface area contributed by atoms with E-state index < -0.39 is 34.6 Å². The van der Waals surface area contributed by atoms with Gasteiger partial charge in [0.2, 0.25) is 0 Å². The molecule has 0 saturated carbocycles. The molecule has 3 aromatic rings. The van der Waals surface area contributed by atoms with Crippen LogP contribution >= 0.6 is 11.3 Å². The van der Waals surface area contributed by atoms with Gasteiger partial charge >= 0.3 is 0 Å². The number of hydrogen-bond acceptors (Lipinski definition) is 6. The fourth-order valence-electron chi connectivity index (χ4n) is 3.35. The molecule has 0 unspecified atom stereocenters. The van der Waals surface area contributed by atoms with Crippen LogP contribution in [0.5, 0.6) is 0 Å². The summed E-state index contributed by atoms with van der Waals surface area (Å²) in [5, 5.41) is 18.5. The summed E-state index contributed by atoms with van der Waals surface area (Å²) in [6, 6.07) is 6.21. The summed E-state index contributed by atoms with van der Waals surface area (Å²) in [6.45, 7) is 5.88. The zero-order valence-electron chi connectivity index (χ0n) is 18.5. The number of anilines is 3. The Bertz CT molecular complexity index is 1120. The summed E-state index contributed by atoms with van der Waals surface area (Å²) in [6.07, 6.45) is 1.63. The molecule has 1 amide bonds. The average molecular weight is 479 g/mol. The molecule has 0 aliphatic carbocycles. The fourth-order valence-corrected chi connectivity index (χ4v) is 3.88. The maximum Gasteiger partial charge on any atom is 0.256 e. The number of carbonyl (C=O) groups is 1. The van der Waals surface area contributed by atoms with E-state index in [0.717, 1.165) is 12.1 Å². The number of carbonyl (C=O) groups excluding carboxylic acids is 1. The van der Waals surface area contributed by atoms with Crippen molar-refractivity contribution in [2.45, 2.75) is 26.4 Å². The molecule has 1 saturated heterocycles. The number of halogens is 3. The molecule has 1 fully saturated rings. The van der Waals surface area contributed by atoms with Crippen LogP contribution in [0.1, 0.15) is 29.8 Å². The Balaban J connectivity index is 0.00000149. The van der Waals surface area contributed by atoms with E-state index in [0.29, 0.717) is 10.7 Å². The predicted molar refractivity (Wildman–Crippen MR) is 124 cm³/mol. The van der Waals surface area contributed by atoms with Gasteiger partial charge in [0.15, 0.2) is 16.8 Å². The van der Waals surface area contributed by atoms with Gasteiger partial charge in [-0.3, -0.25) is 4.79 Å². The second-order valence-electron chi connectivity index (χ2n) is 7.47. The van der Waals surface area contributed by atoms with E-state index in [-0.39, 0.29) is 30.9 Å². The molecule has 6 nitrogen and oxygen atoms in total. The summed E-state index contributed by atoms with van der Waals surface area (Å²) in [5.74, 6) is -3.71. The smallest absolute Gasteiger partial charge is 0.256 e. The van der Waals surface area contributed by atoms with E-state index >= 15 is 0 Å². The number of thiazole rings is 1. The van der Waals surface area contributed by atoms with Crippen LogP contribution in [-0.4, -0.2) is 46.1 Å². The van der Waals surface area contributed by atoms with Gasteiger partial charge in [-0.1, -0.05) is 19.9 Å². The van der Waals surface area contributed by atoms with Crippen molar-refractivity contribution in [3.63, 3.8) is 0 Å². The summed E-state index contributed by atoms with van der Waals surface area (Å²) < 4.78 is 42.6. The van der Waals surface area contributed by atoms with E-state index in [9.17, 15) is 23.1 Å². The first-order chi connectivity index (χ1) is 15.8. The van der Waals surface area contributed by atoms with E-state index in [1.807, 2.05) is 13.8 Å². The van der Waals surface area contributed by atoms with Gasteiger partial charge in [-0.05, 0) is 36.8 Å². The molecule has 10 heteroatoms. The Labute approximate surface area is 194 Å². The molecule has 2 aromatic carbocycles. The molecule has 0 atom stereocenters. The van der Waals surface area contributed by atoms with Gasteiger partial charge in [0.05, 0.1) is 30.0 Å². The number of likely N-dealkylation sites (tertiary alicyclic amines) is 1. The lowest BCUT2D eigenvalue weighted by atomic mass is 9.93. The monoisotopic (exact) mass is 478 g/mol. The maximum absolute atomic E-state index is 14.5. The number of nitrogens with one attached hydrogen (secondary N) is 2. The molecule has 0 spiro atoms. The molecule has 0 bridgehead atoms. The van der Waals surface area contributed by atoms with Gasteiger partial charge < -0.3 is 20.6 Å². The molecule has 3 N–H and O–H groups in total. The lowest BCUT2D eigenvalue weighted by Gasteiger charge is -2.46. The van der Waals surface area contributed by atoms with Crippen LogP contribution in [0.25, 0.3) is 0 Å². The van der Waals surface area contributed by atoms with Gasteiger partial charge in [0, 0.05) is 18.1 Å². The van der Waals surface area contributed by atoms with Crippen molar-refractivity contribution in [2.75, 3.05) is 30.3 Å². The highest BCUT2D eigenvalue weighted by atomic mass is 32.1. The van der Waals surface area contributed by atoms with Crippen LogP contribution in [0, 0.1) is 24.4 Å². The quantitative estimate of drug-likeness (QED) is 0.468. The summed E-state index contributed by atoms with van der Waals surface area (Å²) >= 11 is 1.38. The second kappa shape index (κ2) is 10.2. The second-order valence-corrected chi connectivity index (χ2v) is 8.36. The highest BCUT2D eigenvalue weighted by molar-refractivity contribution is 7.13. The highest BCUT2D eigenvalue weighted by Crippen LogP contribution is 2.31. The third kappa shape index (κ3) is 5.45. The van der Waals surface area contributed by atoms with Crippen molar-refractivity contribution in [1.82, 2.24) is 9.88 Å². The third-order valence-electron chi connectivity index (χ3n) is 4.97. The molecule has 1 aromatic heterocycles. The van der Waals surface area contributed by atoms with Crippen molar-refractivity contribution in [3.05, 3.63) is 70.5 Å². The molecule has 1 aliphatic heterocycles. The lowest BCUT2D eigenvalue weighted by molar-refractivity contribution is -0.0706. The van der Waals surface area contributed by atoms with Gasteiger partial charge in [-0.15, -0.1) is 11.3 Å². The number of aryl methyl sites for hydroxylation is 1. The lowest BCUT2D eigenvalue weighted by Crippen LogP contribution is -2.66. The minimum Gasteiger partial charge on any atom is -0.384 e. The van der Waals surface area contributed by atoms with E-state index in [2.05, 4.69) is 15.6 Å². The number of rotatable bonds is 6. The minimum absolute atomic E-state index is 0.00152. The molecule has 1 aliphatic rings. The first kappa shape index (κ1) is 24.5. The number of aromatic nitrogens is 1. The SMILES string of the molecule is CC.Cc1ccc(Nc2c(C(=O)N3CC(O)(CNc4nccs4)C3)ccc(F)c2F)c(F)c1. The Morgan fingerprint density at radius 2 is 1.91 bits per heavy atom. The molecule has 33 heavy (non-hydrogen) atoms. The molecule has 176 valence electrons. The highest BCUT2D eigenvalue weighted by Gasteiger charge is 2.44. The first-order valence-electron chi connectivity index (χ1n) is 10.4. The van der Waals surface area contributed by atoms with Crippen molar-refractivity contribution < 1.29 is 23.1 Å². The number of aliphatic hydroxyl groups is 1. The van der Waals surface area contributed by atoms with Gasteiger partial charge in [-0.2, -0.15) is 0 Å². The van der Waals surface area contributed by atoms with Crippen molar-refractivity contribution in [3.8, 4) is 0 Å². The average Bonchev–Trinajstić information content (AvgIpc) is 3.30. The topological polar surface area (TPSA) is 77.5 Å². The predicted octanol–water partition coefficient (Wildman–Crippen LogP) is 4.94. The van der Waals surface area contributed by atoms with Gasteiger partial charge in [0.25, 0.3) is 5.91 Å². The number of nitrogens with zero attached hydrogens (tertiary/aromatic N) is 2. The Morgan fingerprint density at radius 3 is 2.55 bits per heavy atom. The third-order valence-corrected chi connectivity index (χ3v) is 5.70. The van der Waals surface area contributed by atoms with Crippen LogP contribution in [0.4, 0.5) is 29.7 Å². The molecular weight excluding hydrogens is 453 g/mol. The molecule has 0 radical (unpaired) electrons. The zero-order chi connectivity index (χ0) is 24.2. The number of β-amino-alcohol motifs (C(OH)–C–C–N with tert-alkyl or cyclic N) is 1. The Morgan fingerprint density at radius 1 is 1.18 bits per heavy atom. The molecule has 2 heterocycles.